The lowest BCUT2D eigenvalue weighted by molar-refractivity contribution is -0.184. The van der Waals surface area contributed by atoms with Gasteiger partial charge in [0.25, 0.3) is 0 Å². The van der Waals surface area contributed by atoms with Crippen molar-refractivity contribution in [3.8, 4) is 0 Å². The van der Waals surface area contributed by atoms with E-state index in [0.717, 1.165) is 30.4 Å². The number of aliphatic hydroxyl groups is 2. The van der Waals surface area contributed by atoms with Crippen LogP contribution in [-0.2, 0) is 30.5 Å². The molecule has 4 aliphatic carbocycles. The van der Waals surface area contributed by atoms with Crippen molar-refractivity contribution in [1.82, 2.24) is 10.3 Å². The topological polar surface area (TPSA) is 143 Å². The van der Waals surface area contributed by atoms with Gasteiger partial charge < -0.3 is 20.3 Å². The van der Waals surface area contributed by atoms with Crippen molar-refractivity contribution in [2.75, 3.05) is 6.61 Å². The first-order valence-corrected chi connectivity index (χ1v) is 14.5. The number of allylic oxidation sites excluding steroid dienone is 1. The summed E-state index contributed by atoms with van der Waals surface area (Å²) in [6, 6.07) is 3.57. The number of nitrogens with zero attached hydrogens (tertiary/aromatic N) is 1. The highest BCUT2D eigenvalue weighted by Crippen LogP contribution is 2.67. The van der Waals surface area contributed by atoms with Gasteiger partial charge in [-0.1, -0.05) is 19.4 Å². The van der Waals surface area contributed by atoms with E-state index in [1.807, 2.05) is 6.92 Å². The summed E-state index contributed by atoms with van der Waals surface area (Å²) in [6.07, 6.45) is 8.11. The van der Waals surface area contributed by atoms with Crippen molar-refractivity contribution >= 4 is 23.4 Å². The van der Waals surface area contributed by atoms with Crippen LogP contribution in [0.3, 0.4) is 0 Å². The van der Waals surface area contributed by atoms with Gasteiger partial charge in [-0.2, -0.15) is 0 Å². The molecule has 216 valence electrons. The number of carbonyl (C=O) groups excluding carboxylic acids is 4. The lowest BCUT2D eigenvalue weighted by Gasteiger charge is -2.60. The van der Waals surface area contributed by atoms with Gasteiger partial charge in [-0.05, 0) is 85.5 Å². The average molecular weight is 553 g/mol. The molecule has 0 aliphatic heterocycles. The quantitative estimate of drug-likeness (QED) is 0.418. The number of hydrogen-bond acceptors (Lipinski definition) is 8. The van der Waals surface area contributed by atoms with E-state index in [2.05, 4.69) is 17.2 Å². The molecule has 1 aromatic rings. The minimum Gasteiger partial charge on any atom is -0.458 e. The predicted molar refractivity (Wildman–Crippen MR) is 144 cm³/mol. The number of Topliss-reactive ketones (excluding diaryl/α,β-unsaturated/α-hetero) is 1. The maximum atomic E-state index is 13.4. The molecule has 0 spiro atoms. The number of pyridine rings is 1. The molecule has 7 unspecified atom stereocenters. The molecular weight excluding hydrogens is 512 g/mol. The molecule has 0 bridgehead atoms. The number of esters is 1. The molecule has 40 heavy (non-hydrogen) atoms. The number of rotatable bonds is 8. The Kier molecular flexibility index (Phi) is 7.74. The van der Waals surface area contributed by atoms with Crippen LogP contribution in [0.1, 0.15) is 77.2 Å². The zero-order valence-electron chi connectivity index (χ0n) is 23.4. The van der Waals surface area contributed by atoms with Gasteiger partial charge in [-0.25, -0.2) is 0 Å². The molecule has 0 radical (unpaired) electrons. The molecule has 9 heteroatoms. The van der Waals surface area contributed by atoms with Gasteiger partial charge in [0.15, 0.2) is 12.4 Å². The Morgan fingerprint density at radius 1 is 1.10 bits per heavy atom. The smallest absolute Gasteiger partial charge is 0.306 e. The van der Waals surface area contributed by atoms with E-state index in [1.165, 1.54) is 0 Å². The largest absolute Gasteiger partial charge is 0.458 e. The molecular formula is C31H40N2O7. The summed E-state index contributed by atoms with van der Waals surface area (Å²) in [4.78, 5) is 53.8. The molecule has 5 rings (SSSR count). The number of hydrogen-bond donors (Lipinski definition) is 3. The van der Waals surface area contributed by atoms with Crippen LogP contribution in [-0.4, -0.2) is 57.0 Å². The van der Waals surface area contributed by atoms with Crippen molar-refractivity contribution in [2.24, 2.45) is 28.6 Å². The lowest BCUT2D eigenvalue weighted by Crippen LogP contribution is -2.62. The molecule has 0 aromatic carbocycles. The van der Waals surface area contributed by atoms with Crippen LogP contribution >= 0.6 is 0 Å². The first kappa shape index (κ1) is 28.6. The second-order valence-electron chi connectivity index (χ2n) is 12.7. The van der Waals surface area contributed by atoms with Gasteiger partial charge in [0, 0.05) is 37.2 Å². The Labute approximate surface area is 234 Å². The Hall–Kier alpha value is -2.91. The summed E-state index contributed by atoms with van der Waals surface area (Å²) >= 11 is 0. The number of aliphatic hydroxyl groups excluding tert-OH is 1. The van der Waals surface area contributed by atoms with Gasteiger partial charge >= 0.3 is 5.97 Å². The van der Waals surface area contributed by atoms with Crippen LogP contribution in [0.25, 0.3) is 0 Å². The van der Waals surface area contributed by atoms with Gasteiger partial charge in [-0.15, -0.1) is 0 Å². The minimum atomic E-state index is -1.70. The van der Waals surface area contributed by atoms with Crippen LogP contribution in [0.5, 0.6) is 0 Å². The summed E-state index contributed by atoms with van der Waals surface area (Å²) in [5.74, 6) is -1.21. The van der Waals surface area contributed by atoms with Crippen molar-refractivity contribution < 1.29 is 34.1 Å². The standard InChI is InChI=1S/C31H40N2O7/c1-29-11-7-21(34)15-20(29)3-4-22-23-8-12-31(39,30(23,2)16-24(35)28(22)29)25(36)18-40-27(38)6-5-26(37)33-17-19-9-13-32-14-10-19/h9-10,13-15,22-24,28,35,39H,3-8,11-12,16-18H2,1-2H3,(H,33,37). The van der Waals surface area contributed by atoms with E-state index in [1.54, 1.807) is 30.6 Å². The third kappa shape index (κ3) is 4.91. The van der Waals surface area contributed by atoms with E-state index in [0.29, 0.717) is 19.4 Å². The van der Waals surface area contributed by atoms with E-state index in [4.69, 9.17) is 4.74 Å². The first-order chi connectivity index (χ1) is 19.0. The van der Waals surface area contributed by atoms with Crippen LogP contribution in [0.4, 0.5) is 0 Å². The van der Waals surface area contributed by atoms with E-state index in [9.17, 15) is 29.4 Å². The van der Waals surface area contributed by atoms with Crippen molar-refractivity contribution in [3.05, 3.63) is 41.7 Å². The fraction of sp³-hybridized carbons (Fsp3) is 0.645. The molecule has 3 saturated carbocycles. The molecule has 3 fully saturated rings. The fourth-order valence-electron chi connectivity index (χ4n) is 8.49. The van der Waals surface area contributed by atoms with Gasteiger partial charge in [0.2, 0.25) is 11.7 Å². The molecule has 7 atom stereocenters. The van der Waals surface area contributed by atoms with Crippen LogP contribution in [0.2, 0.25) is 0 Å². The number of ether oxygens (including phenoxy) is 1. The molecule has 4 aliphatic rings. The van der Waals surface area contributed by atoms with Gasteiger partial charge in [0.05, 0.1) is 12.5 Å². The highest BCUT2D eigenvalue weighted by molar-refractivity contribution is 5.92. The Morgan fingerprint density at radius 3 is 2.60 bits per heavy atom. The second kappa shape index (κ2) is 10.8. The minimum absolute atomic E-state index is 0.0151. The maximum absolute atomic E-state index is 13.4. The summed E-state index contributed by atoms with van der Waals surface area (Å²) in [6.45, 7) is 3.83. The molecule has 1 aromatic heterocycles. The van der Waals surface area contributed by atoms with E-state index < -0.39 is 35.5 Å². The van der Waals surface area contributed by atoms with Crippen molar-refractivity contribution in [2.45, 2.75) is 89.9 Å². The summed E-state index contributed by atoms with van der Waals surface area (Å²) in [5, 5.41) is 26.0. The Bertz CT molecular complexity index is 1220. The SMILES string of the molecule is CC12CCC(=O)C=C1CCC1C2C(O)CC2(C)C1CCC2(O)C(=O)COC(=O)CCC(=O)NCc1ccncc1. The van der Waals surface area contributed by atoms with Gasteiger partial charge in [-0.3, -0.25) is 24.2 Å². The Morgan fingerprint density at radius 2 is 1.85 bits per heavy atom. The van der Waals surface area contributed by atoms with E-state index >= 15 is 0 Å². The predicted octanol–water partition coefficient (Wildman–Crippen LogP) is 2.82. The van der Waals surface area contributed by atoms with Crippen molar-refractivity contribution in [1.29, 1.82) is 0 Å². The third-order valence-corrected chi connectivity index (χ3v) is 10.7. The first-order valence-electron chi connectivity index (χ1n) is 14.5. The molecule has 9 nitrogen and oxygen atoms in total. The zero-order valence-corrected chi connectivity index (χ0v) is 23.4. The van der Waals surface area contributed by atoms with Crippen LogP contribution < -0.4 is 5.32 Å². The molecule has 1 heterocycles. The highest BCUT2D eigenvalue weighted by atomic mass is 16.5. The number of aromatic nitrogens is 1. The lowest BCUT2D eigenvalue weighted by atomic mass is 9.45. The summed E-state index contributed by atoms with van der Waals surface area (Å²) in [7, 11) is 0. The Balaban J connectivity index is 1.18. The maximum Gasteiger partial charge on any atom is 0.306 e. The molecule has 1 amide bonds. The van der Waals surface area contributed by atoms with Crippen LogP contribution in [0, 0.1) is 28.6 Å². The number of carbonyl (C=O) groups is 4. The monoisotopic (exact) mass is 552 g/mol. The van der Waals surface area contributed by atoms with Crippen molar-refractivity contribution in [3.63, 3.8) is 0 Å². The zero-order chi connectivity index (χ0) is 28.7. The second-order valence-corrected chi connectivity index (χ2v) is 12.7. The number of amides is 1. The normalized spacial score (nSPS) is 36.5. The average Bonchev–Trinajstić information content (AvgIpc) is 3.20. The highest BCUT2D eigenvalue weighted by Gasteiger charge is 2.68. The summed E-state index contributed by atoms with van der Waals surface area (Å²) in [5.41, 5.74) is -0.768. The van der Waals surface area contributed by atoms with Crippen LogP contribution in [0.15, 0.2) is 36.2 Å². The number of ketones is 2. The van der Waals surface area contributed by atoms with E-state index in [-0.39, 0.29) is 60.5 Å². The number of nitrogens with one attached hydrogen (secondary N) is 1. The van der Waals surface area contributed by atoms with Gasteiger partial charge in [0.1, 0.15) is 5.60 Å². The number of fused-ring (bicyclic) bond motifs is 5. The fourth-order valence-corrected chi connectivity index (χ4v) is 8.49. The molecule has 0 saturated heterocycles. The molecule has 3 N–H and O–H groups in total. The third-order valence-electron chi connectivity index (χ3n) is 10.7. The summed E-state index contributed by atoms with van der Waals surface area (Å²) < 4.78 is 5.21.